The van der Waals surface area contributed by atoms with Gasteiger partial charge < -0.3 is 0 Å². The Hall–Kier alpha value is -0.840. The van der Waals surface area contributed by atoms with Crippen molar-refractivity contribution in [1.29, 1.82) is 5.26 Å². The molecule has 1 rings (SSSR count). The number of rotatable bonds is 4. The molecule has 2 heteroatoms. The van der Waals surface area contributed by atoms with E-state index in [2.05, 4.69) is 6.92 Å². The Morgan fingerprint density at radius 3 is 2.75 bits per heavy atom. The Morgan fingerprint density at radius 1 is 1.58 bits per heavy atom. The van der Waals surface area contributed by atoms with E-state index in [1.807, 2.05) is 6.07 Å². The molecule has 0 atom stereocenters. The molecule has 0 spiro atoms. The van der Waals surface area contributed by atoms with Crippen LogP contribution in [-0.2, 0) is 4.79 Å². The number of nitrogens with zero attached hydrogens (tertiary/aromatic N) is 1. The van der Waals surface area contributed by atoms with E-state index >= 15 is 0 Å². The third-order valence-electron chi connectivity index (χ3n) is 2.64. The Bertz CT molecular complexity index is 198. The SMILES string of the molecule is CCCC1CC(C(=O)CC#N)C1. The molecule has 1 aliphatic carbocycles. The molecule has 0 amide bonds. The van der Waals surface area contributed by atoms with Crippen LogP contribution in [0, 0.1) is 23.2 Å². The fraction of sp³-hybridized carbons (Fsp3) is 0.800. The van der Waals surface area contributed by atoms with Crippen LogP contribution in [0.1, 0.15) is 39.0 Å². The van der Waals surface area contributed by atoms with E-state index in [-0.39, 0.29) is 18.1 Å². The minimum atomic E-state index is 0.115. The third kappa shape index (κ3) is 2.07. The van der Waals surface area contributed by atoms with Crippen LogP contribution in [0.4, 0.5) is 0 Å². The maximum Gasteiger partial charge on any atom is 0.149 e. The third-order valence-corrected chi connectivity index (χ3v) is 2.64. The van der Waals surface area contributed by atoms with E-state index in [4.69, 9.17) is 5.26 Å². The zero-order valence-corrected chi connectivity index (χ0v) is 7.55. The normalized spacial score (nSPS) is 27.3. The van der Waals surface area contributed by atoms with Crippen LogP contribution in [0.2, 0.25) is 0 Å². The van der Waals surface area contributed by atoms with Crippen molar-refractivity contribution in [2.24, 2.45) is 11.8 Å². The maximum absolute atomic E-state index is 11.2. The van der Waals surface area contributed by atoms with Gasteiger partial charge in [-0.1, -0.05) is 19.8 Å². The Balaban J connectivity index is 2.17. The van der Waals surface area contributed by atoms with Gasteiger partial charge in [0.25, 0.3) is 0 Å². The Morgan fingerprint density at radius 2 is 2.25 bits per heavy atom. The predicted octanol–water partition coefficient (Wildman–Crippen LogP) is 2.30. The van der Waals surface area contributed by atoms with Gasteiger partial charge in [0.05, 0.1) is 12.5 Å². The van der Waals surface area contributed by atoms with Gasteiger partial charge in [-0.05, 0) is 18.8 Å². The summed E-state index contributed by atoms with van der Waals surface area (Å²) in [6.07, 6.45) is 4.65. The first-order valence-electron chi connectivity index (χ1n) is 4.67. The van der Waals surface area contributed by atoms with Crippen LogP contribution in [0.5, 0.6) is 0 Å². The van der Waals surface area contributed by atoms with Gasteiger partial charge in [-0.3, -0.25) is 4.79 Å². The summed E-state index contributed by atoms with van der Waals surface area (Å²) in [6, 6.07) is 1.91. The molecule has 0 N–H and O–H groups in total. The summed E-state index contributed by atoms with van der Waals surface area (Å²) in [6.45, 7) is 2.17. The highest BCUT2D eigenvalue weighted by molar-refractivity contribution is 5.83. The molecule has 1 fully saturated rings. The van der Waals surface area contributed by atoms with E-state index < -0.39 is 0 Å². The highest BCUT2D eigenvalue weighted by atomic mass is 16.1. The Labute approximate surface area is 73.6 Å². The topological polar surface area (TPSA) is 40.9 Å². The van der Waals surface area contributed by atoms with E-state index in [9.17, 15) is 4.79 Å². The molecule has 0 saturated heterocycles. The van der Waals surface area contributed by atoms with Crippen molar-refractivity contribution in [3.8, 4) is 6.07 Å². The summed E-state index contributed by atoms with van der Waals surface area (Å²) in [7, 11) is 0. The summed E-state index contributed by atoms with van der Waals surface area (Å²) >= 11 is 0. The minimum Gasteiger partial charge on any atom is -0.298 e. The minimum absolute atomic E-state index is 0.115. The molecule has 0 unspecified atom stereocenters. The molecule has 0 aliphatic heterocycles. The second-order valence-corrected chi connectivity index (χ2v) is 3.62. The van der Waals surface area contributed by atoms with Crippen LogP contribution >= 0.6 is 0 Å². The molecule has 1 saturated carbocycles. The van der Waals surface area contributed by atoms with Crippen molar-refractivity contribution >= 4 is 5.78 Å². The molecule has 0 bridgehead atoms. The Kier molecular flexibility index (Phi) is 3.28. The zero-order valence-electron chi connectivity index (χ0n) is 7.55. The monoisotopic (exact) mass is 165 g/mol. The highest BCUT2D eigenvalue weighted by Crippen LogP contribution is 2.37. The fourth-order valence-electron chi connectivity index (χ4n) is 1.86. The van der Waals surface area contributed by atoms with Gasteiger partial charge in [-0.25, -0.2) is 0 Å². The average molecular weight is 165 g/mol. The molecule has 0 aromatic heterocycles. The first kappa shape index (κ1) is 9.25. The number of carbonyl (C=O) groups excluding carboxylic acids is 1. The maximum atomic E-state index is 11.2. The van der Waals surface area contributed by atoms with E-state index in [0.717, 1.165) is 18.8 Å². The van der Waals surface area contributed by atoms with E-state index in [1.165, 1.54) is 12.8 Å². The highest BCUT2D eigenvalue weighted by Gasteiger charge is 2.32. The number of Topliss-reactive ketones (excluding diaryl/α,β-unsaturated/α-hetero) is 1. The van der Waals surface area contributed by atoms with Crippen molar-refractivity contribution in [2.45, 2.75) is 39.0 Å². The predicted molar refractivity (Wildman–Crippen MR) is 46.4 cm³/mol. The zero-order chi connectivity index (χ0) is 8.97. The lowest BCUT2D eigenvalue weighted by atomic mass is 9.70. The van der Waals surface area contributed by atoms with E-state index in [0.29, 0.717) is 0 Å². The van der Waals surface area contributed by atoms with Gasteiger partial charge in [-0.15, -0.1) is 0 Å². The summed E-state index contributed by atoms with van der Waals surface area (Å²) in [4.78, 5) is 11.2. The summed E-state index contributed by atoms with van der Waals surface area (Å²) in [5.74, 6) is 1.15. The molecule has 0 aromatic rings. The largest absolute Gasteiger partial charge is 0.298 e. The fourth-order valence-corrected chi connectivity index (χ4v) is 1.86. The van der Waals surface area contributed by atoms with Crippen LogP contribution in [0.15, 0.2) is 0 Å². The number of carbonyl (C=O) groups is 1. The lowest BCUT2D eigenvalue weighted by molar-refractivity contribution is -0.125. The number of hydrogen-bond donors (Lipinski definition) is 0. The second-order valence-electron chi connectivity index (χ2n) is 3.62. The van der Waals surface area contributed by atoms with Crippen molar-refractivity contribution < 1.29 is 4.79 Å². The molecule has 1 aliphatic rings. The molecule has 0 heterocycles. The first-order chi connectivity index (χ1) is 5.77. The van der Waals surface area contributed by atoms with Gasteiger partial charge in [0, 0.05) is 5.92 Å². The summed E-state index contributed by atoms with van der Waals surface area (Å²) in [5, 5.41) is 8.30. The van der Waals surface area contributed by atoms with Crippen LogP contribution < -0.4 is 0 Å². The molecule has 12 heavy (non-hydrogen) atoms. The summed E-state index contributed by atoms with van der Waals surface area (Å²) < 4.78 is 0. The molecule has 0 aromatic carbocycles. The van der Waals surface area contributed by atoms with E-state index in [1.54, 1.807) is 0 Å². The van der Waals surface area contributed by atoms with Crippen molar-refractivity contribution in [1.82, 2.24) is 0 Å². The van der Waals surface area contributed by atoms with Crippen molar-refractivity contribution in [3.63, 3.8) is 0 Å². The summed E-state index contributed by atoms with van der Waals surface area (Å²) in [5.41, 5.74) is 0. The average Bonchev–Trinajstić information content (AvgIpc) is 1.96. The van der Waals surface area contributed by atoms with Gasteiger partial charge >= 0.3 is 0 Å². The lowest BCUT2D eigenvalue weighted by Gasteiger charge is -2.33. The van der Waals surface area contributed by atoms with Gasteiger partial charge in [0.1, 0.15) is 5.78 Å². The second kappa shape index (κ2) is 4.25. The molecular weight excluding hydrogens is 150 g/mol. The van der Waals surface area contributed by atoms with Gasteiger partial charge in [0.2, 0.25) is 0 Å². The van der Waals surface area contributed by atoms with Crippen molar-refractivity contribution in [3.05, 3.63) is 0 Å². The molecule has 66 valence electrons. The molecule has 2 nitrogen and oxygen atoms in total. The number of hydrogen-bond acceptors (Lipinski definition) is 2. The van der Waals surface area contributed by atoms with Crippen molar-refractivity contribution in [2.75, 3.05) is 0 Å². The smallest absolute Gasteiger partial charge is 0.149 e. The number of ketones is 1. The van der Waals surface area contributed by atoms with Crippen LogP contribution in [0.3, 0.4) is 0 Å². The number of nitriles is 1. The standard InChI is InChI=1S/C10H15NO/c1-2-3-8-6-9(7-8)10(12)4-5-11/h8-9H,2-4,6-7H2,1H3. The lowest BCUT2D eigenvalue weighted by Crippen LogP contribution is -2.30. The van der Waals surface area contributed by atoms with Gasteiger partial charge in [-0.2, -0.15) is 5.26 Å². The van der Waals surface area contributed by atoms with Crippen LogP contribution in [0.25, 0.3) is 0 Å². The van der Waals surface area contributed by atoms with Crippen LogP contribution in [-0.4, -0.2) is 5.78 Å². The quantitative estimate of drug-likeness (QED) is 0.641. The van der Waals surface area contributed by atoms with Gasteiger partial charge in [0.15, 0.2) is 0 Å². The first-order valence-corrected chi connectivity index (χ1v) is 4.67. The molecular formula is C10H15NO. The molecule has 0 radical (unpaired) electrons.